The van der Waals surface area contributed by atoms with Gasteiger partial charge in [-0.25, -0.2) is 9.97 Å². The van der Waals surface area contributed by atoms with Gasteiger partial charge in [0.2, 0.25) is 11.9 Å². The van der Waals surface area contributed by atoms with Crippen molar-refractivity contribution in [1.82, 2.24) is 24.8 Å². The number of carbonyl (C=O) groups is 2. The van der Waals surface area contributed by atoms with Gasteiger partial charge >= 0.3 is 0 Å². The number of aromatic nitrogens is 3. The van der Waals surface area contributed by atoms with Crippen LogP contribution in [-0.2, 0) is 16.6 Å². The summed E-state index contributed by atoms with van der Waals surface area (Å²) in [5.74, 6) is 0.172. The average molecular weight is 499 g/mol. The van der Waals surface area contributed by atoms with Crippen LogP contribution in [0.1, 0.15) is 16.8 Å². The van der Waals surface area contributed by atoms with Crippen LogP contribution in [0.5, 0.6) is 0 Å². The summed E-state index contributed by atoms with van der Waals surface area (Å²) >= 11 is 7.56. The number of aryl methyl sites for hydroxylation is 1. The number of imidazole rings is 1. The van der Waals surface area contributed by atoms with Gasteiger partial charge in [-0.1, -0.05) is 22.9 Å². The van der Waals surface area contributed by atoms with Gasteiger partial charge in [0.1, 0.15) is 0 Å². The maximum atomic E-state index is 12.7. The number of ether oxygens (including phenoxy) is 1. The first-order valence-electron chi connectivity index (χ1n) is 10.8. The number of halogens is 1. The zero-order chi connectivity index (χ0) is 23.8. The zero-order valence-electron chi connectivity index (χ0n) is 18.7. The molecule has 0 bridgehead atoms. The van der Waals surface area contributed by atoms with Crippen molar-refractivity contribution < 1.29 is 14.3 Å². The van der Waals surface area contributed by atoms with Crippen molar-refractivity contribution in [3.63, 3.8) is 0 Å². The standard InChI is InChI=1S/C23H23ClN6O3S/c1-29-18-6-3-13(21(32)25-11-20(31)30-8-7-15(12-30)33-2)9-17(18)26-22(29)28-23-27-16-5-4-14(24)10-19(16)34-23/h3-6,9-10,15H,7-8,11-12H2,1-2H3,(H,25,32)(H,26,27,28)/t15-/m0/s1. The molecule has 11 heteroatoms. The molecule has 0 radical (unpaired) electrons. The number of rotatable bonds is 6. The number of likely N-dealkylation sites (tertiary alicyclic amines) is 1. The second-order valence-corrected chi connectivity index (χ2v) is 9.59. The molecular formula is C23H23ClN6O3S. The molecule has 34 heavy (non-hydrogen) atoms. The third-order valence-electron chi connectivity index (χ3n) is 5.94. The summed E-state index contributed by atoms with van der Waals surface area (Å²) in [4.78, 5) is 36.0. The van der Waals surface area contributed by atoms with E-state index >= 15 is 0 Å². The fourth-order valence-electron chi connectivity index (χ4n) is 4.02. The van der Waals surface area contributed by atoms with Gasteiger partial charge in [-0.2, -0.15) is 0 Å². The van der Waals surface area contributed by atoms with Crippen molar-refractivity contribution >= 4 is 67.1 Å². The molecule has 1 aliphatic rings. The molecular weight excluding hydrogens is 476 g/mol. The van der Waals surface area contributed by atoms with Crippen molar-refractivity contribution in [3.8, 4) is 0 Å². The van der Waals surface area contributed by atoms with E-state index in [1.54, 1.807) is 24.1 Å². The van der Waals surface area contributed by atoms with Crippen LogP contribution in [-0.4, -0.2) is 64.1 Å². The number of nitrogens with one attached hydrogen (secondary N) is 2. The molecule has 2 N–H and O–H groups in total. The van der Waals surface area contributed by atoms with Crippen molar-refractivity contribution in [2.24, 2.45) is 7.05 Å². The van der Waals surface area contributed by atoms with E-state index in [-0.39, 0.29) is 24.5 Å². The molecule has 4 aromatic rings. The van der Waals surface area contributed by atoms with Gasteiger partial charge in [0.05, 0.1) is 33.9 Å². The summed E-state index contributed by atoms with van der Waals surface area (Å²) < 4.78 is 8.17. The van der Waals surface area contributed by atoms with E-state index in [0.29, 0.717) is 40.3 Å². The normalized spacial score (nSPS) is 15.9. The fraction of sp³-hybridized carbons (Fsp3) is 0.304. The molecule has 1 aliphatic heterocycles. The topological polar surface area (TPSA) is 101 Å². The van der Waals surface area contributed by atoms with Crippen molar-refractivity contribution in [2.45, 2.75) is 12.5 Å². The minimum Gasteiger partial charge on any atom is -0.380 e. The largest absolute Gasteiger partial charge is 0.380 e. The molecule has 1 saturated heterocycles. The number of amides is 2. The van der Waals surface area contributed by atoms with Gasteiger partial charge in [0.25, 0.3) is 5.91 Å². The number of nitrogens with zero attached hydrogens (tertiary/aromatic N) is 4. The Bertz CT molecular complexity index is 1400. The van der Waals surface area contributed by atoms with E-state index in [2.05, 4.69) is 20.6 Å². The monoisotopic (exact) mass is 498 g/mol. The molecule has 0 saturated carbocycles. The van der Waals surface area contributed by atoms with Gasteiger partial charge in [0, 0.05) is 37.8 Å². The third-order valence-corrected chi connectivity index (χ3v) is 7.11. The minimum absolute atomic E-state index is 0.0516. The van der Waals surface area contributed by atoms with E-state index in [4.69, 9.17) is 16.3 Å². The number of anilines is 2. The Balaban J connectivity index is 1.28. The van der Waals surface area contributed by atoms with Crippen LogP contribution in [0.2, 0.25) is 5.02 Å². The van der Waals surface area contributed by atoms with E-state index in [1.807, 2.05) is 35.9 Å². The highest BCUT2D eigenvalue weighted by atomic mass is 35.5. The molecule has 0 spiro atoms. The van der Waals surface area contributed by atoms with E-state index in [1.165, 1.54) is 11.3 Å². The van der Waals surface area contributed by atoms with E-state index in [9.17, 15) is 9.59 Å². The maximum absolute atomic E-state index is 12.7. The Morgan fingerprint density at radius 2 is 2.06 bits per heavy atom. The zero-order valence-corrected chi connectivity index (χ0v) is 20.2. The number of benzene rings is 2. The maximum Gasteiger partial charge on any atom is 0.251 e. The van der Waals surface area contributed by atoms with Crippen LogP contribution in [0.4, 0.5) is 11.1 Å². The van der Waals surface area contributed by atoms with Gasteiger partial charge in [0.15, 0.2) is 5.13 Å². The van der Waals surface area contributed by atoms with Crippen LogP contribution >= 0.6 is 22.9 Å². The van der Waals surface area contributed by atoms with Gasteiger partial charge < -0.3 is 24.8 Å². The first kappa shape index (κ1) is 22.6. The molecule has 3 heterocycles. The molecule has 2 aromatic heterocycles. The van der Waals surface area contributed by atoms with E-state index < -0.39 is 0 Å². The first-order chi connectivity index (χ1) is 16.4. The van der Waals surface area contributed by atoms with Crippen molar-refractivity contribution in [1.29, 1.82) is 0 Å². The quantitative estimate of drug-likeness (QED) is 0.421. The van der Waals surface area contributed by atoms with Crippen molar-refractivity contribution in [3.05, 3.63) is 47.0 Å². The summed E-state index contributed by atoms with van der Waals surface area (Å²) in [6.07, 6.45) is 0.878. The average Bonchev–Trinajstić information content (AvgIpc) is 3.54. The Labute approximate surface area is 204 Å². The van der Waals surface area contributed by atoms with E-state index in [0.717, 1.165) is 22.2 Å². The predicted molar refractivity (Wildman–Crippen MR) is 133 cm³/mol. The highest BCUT2D eigenvalue weighted by molar-refractivity contribution is 7.22. The van der Waals surface area contributed by atoms with Crippen LogP contribution in [0.25, 0.3) is 21.3 Å². The Kier molecular flexibility index (Phi) is 6.11. The van der Waals surface area contributed by atoms with Gasteiger partial charge in [-0.05, 0) is 42.8 Å². The SMILES string of the molecule is CO[C@H]1CCN(C(=O)CNC(=O)c2ccc3c(c2)nc(Nc2nc4ccc(Cl)cc4s2)n3C)C1. The number of carbonyl (C=O) groups excluding carboxylic acids is 2. The summed E-state index contributed by atoms with van der Waals surface area (Å²) in [5, 5.41) is 7.33. The van der Waals surface area contributed by atoms with Crippen LogP contribution < -0.4 is 10.6 Å². The second-order valence-electron chi connectivity index (χ2n) is 8.12. The number of methoxy groups -OCH3 is 1. The number of fused-ring (bicyclic) bond motifs is 2. The Morgan fingerprint density at radius 3 is 2.85 bits per heavy atom. The van der Waals surface area contributed by atoms with Gasteiger partial charge in [-0.15, -0.1) is 0 Å². The van der Waals surface area contributed by atoms with Crippen LogP contribution in [0, 0.1) is 0 Å². The number of hydrogen-bond acceptors (Lipinski definition) is 7. The lowest BCUT2D eigenvalue weighted by Crippen LogP contribution is -2.39. The minimum atomic E-state index is -0.319. The first-order valence-corrected chi connectivity index (χ1v) is 12.0. The predicted octanol–water partition coefficient (Wildman–Crippen LogP) is 3.56. The Hall–Kier alpha value is -3.21. The highest BCUT2D eigenvalue weighted by Gasteiger charge is 2.26. The Morgan fingerprint density at radius 1 is 1.21 bits per heavy atom. The summed E-state index contributed by atoms with van der Waals surface area (Å²) in [6.45, 7) is 1.15. The third kappa shape index (κ3) is 4.44. The van der Waals surface area contributed by atoms with Gasteiger partial charge in [-0.3, -0.25) is 9.59 Å². The lowest BCUT2D eigenvalue weighted by Gasteiger charge is -2.16. The fourth-order valence-corrected chi connectivity index (χ4v) is 5.15. The molecule has 1 fully saturated rings. The molecule has 9 nitrogen and oxygen atoms in total. The summed E-state index contributed by atoms with van der Waals surface area (Å²) in [5.41, 5.74) is 2.82. The number of hydrogen-bond donors (Lipinski definition) is 2. The molecule has 2 aromatic carbocycles. The van der Waals surface area contributed by atoms with Crippen LogP contribution in [0.3, 0.4) is 0 Å². The molecule has 5 rings (SSSR count). The molecule has 0 unspecified atom stereocenters. The molecule has 2 amide bonds. The lowest BCUT2D eigenvalue weighted by atomic mass is 10.2. The second kappa shape index (κ2) is 9.21. The number of thiazole rings is 1. The smallest absolute Gasteiger partial charge is 0.251 e. The molecule has 1 atom stereocenters. The lowest BCUT2D eigenvalue weighted by molar-refractivity contribution is -0.129. The molecule has 0 aliphatic carbocycles. The molecule has 176 valence electrons. The summed E-state index contributed by atoms with van der Waals surface area (Å²) in [6, 6.07) is 10.9. The highest BCUT2D eigenvalue weighted by Crippen LogP contribution is 2.31. The van der Waals surface area contributed by atoms with Crippen molar-refractivity contribution in [2.75, 3.05) is 32.1 Å². The summed E-state index contributed by atoms with van der Waals surface area (Å²) in [7, 11) is 3.54. The van der Waals surface area contributed by atoms with Crippen LogP contribution in [0.15, 0.2) is 36.4 Å².